The van der Waals surface area contributed by atoms with Crippen LogP contribution < -0.4 is 5.56 Å². The maximum Gasteiger partial charge on any atom is 0.286 e. The molecule has 0 saturated heterocycles. The van der Waals surface area contributed by atoms with Gasteiger partial charge in [-0.1, -0.05) is 57.5 Å². The second-order valence-corrected chi connectivity index (χ2v) is 5.56. The molecular weight excluding hydrogens is 250 g/mol. The van der Waals surface area contributed by atoms with Crippen LogP contribution in [0.15, 0.2) is 39.6 Å². The smallest absolute Gasteiger partial charge is 0.286 e. The van der Waals surface area contributed by atoms with E-state index in [0.717, 1.165) is 23.3 Å². The van der Waals surface area contributed by atoms with Gasteiger partial charge in [-0.25, -0.2) is 0 Å². The van der Waals surface area contributed by atoms with E-state index >= 15 is 0 Å². The lowest BCUT2D eigenvalue weighted by atomic mass is 9.88. The Morgan fingerprint density at radius 2 is 1.85 bits per heavy atom. The van der Waals surface area contributed by atoms with E-state index in [1.807, 2.05) is 37.3 Å². The molecule has 2 rings (SSSR count). The fraction of sp³-hybridized carbons (Fsp3) is 0.471. The Balaban J connectivity index is 2.32. The van der Waals surface area contributed by atoms with Gasteiger partial charge in [0.2, 0.25) is 0 Å². The number of nitrogens with zero attached hydrogens (tertiary/aromatic N) is 1. The molecule has 0 saturated carbocycles. The molecule has 2 unspecified atom stereocenters. The van der Waals surface area contributed by atoms with Gasteiger partial charge in [-0.15, -0.1) is 0 Å². The topological polar surface area (TPSA) is 35.1 Å². The standard InChI is InChI=1S/C17H23NO2/c1-5-12(2)13(3)16-14(4)20-18(17(16)19)11-15-9-7-6-8-10-15/h6-10,12-13H,5,11H2,1-4H3. The first-order valence-electron chi connectivity index (χ1n) is 7.29. The molecule has 0 fully saturated rings. The van der Waals surface area contributed by atoms with E-state index in [1.54, 1.807) is 0 Å². The fourth-order valence-corrected chi connectivity index (χ4v) is 2.55. The molecule has 0 bridgehead atoms. The van der Waals surface area contributed by atoms with E-state index in [0.29, 0.717) is 12.5 Å². The molecule has 108 valence electrons. The first-order chi connectivity index (χ1) is 9.54. The molecule has 1 aromatic heterocycles. The molecule has 0 N–H and O–H groups in total. The Hall–Kier alpha value is -1.77. The van der Waals surface area contributed by atoms with Crippen molar-refractivity contribution >= 4 is 0 Å². The SMILES string of the molecule is CCC(C)C(C)c1c(C)on(Cc2ccccc2)c1=O. The van der Waals surface area contributed by atoms with E-state index in [-0.39, 0.29) is 11.5 Å². The highest BCUT2D eigenvalue weighted by molar-refractivity contribution is 5.20. The van der Waals surface area contributed by atoms with Crippen molar-refractivity contribution in [2.24, 2.45) is 5.92 Å². The highest BCUT2D eigenvalue weighted by atomic mass is 16.5. The van der Waals surface area contributed by atoms with Crippen LogP contribution in [0.1, 0.15) is 50.0 Å². The lowest BCUT2D eigenvalue weighted by Crippen LogP contribution is -2.21. The van der Waals surface area contributed by atoms with E-state index in [2.05, 4.69) is 20.8 Å². The van der Waals surface area contributed by atoms with Crippen molar-refractivity contribution < 1.29 is 4.52 Å². The maximum absolute atomic E-state index is 12.5. The van der Waals surface area contributed by atoms with E-state index in [9.17, 15) is 4.79 Å². The highest BCUT2D eigenvalue weighted by Crippen LogP contribution is 2.26. The summed E-state index contributed by atoms with van der Waals surface area (Å²) in [6, 6.07) is 9.91. The molecule has 3 heteroatoms. The average molecular weight is 273 g/mol. The van der Waals surface area contributed by atoms with Gasteiger partial charge in [0.05, 0.1) is 12.1 Å². The van der Waals surface area contributed by atoms with Crippen molar-refractivity contribution in [3.8, 4) is 0 Å². The van der Waals surface area contributed by atoms with Gasteiger partial charge in [-0.2, -0.15) is 4.74 Å². The van der Waals surface area contributed by atoms with Crippen LogP contribution in [0.2, 0.25) is 0 Å². The summed E-state index contributed by atoms with van der Waals surface area (Å²) in [4.78, 5) is 12.5. The zero-order chi connectivity index (χ0) is 14.7. The summed E-state index contributed by atoms with van der Waals surface area (Å²) >= 11 is 0. The molecule has 0 aliphatic heterocycles. The van der Waals surface area contributed by atoms with Crippen LogP contribution in [0.5, 0.6) is 0 Å². The molecule has 0 spiro atoms. The molecule has 0 amide bonds. The van der Waals surface area contributed by atoms with Crippen molar-refractivity contribution in [2.45, 2.75) is 46.6 Å². The second kappa shape index (κ2) is 6.12. The number of rotatable bonds is 5. The van der Waals surface area contributed by atoms with E-state index in [1.165, 1.54) is 4.74 Å². The van der Waals surface area contributed by atoms with Crippen LogP contribution in [0.3, 0.4) is 0 Å². The van der Waals surface area contributed by atoms with Gasteiger partial charge in [-0.05, 0) is 24.3 Å². The van der Waals surface area contributed by atoms with Gasteiger partial charge in [-0.3, -0.25) is 4.79 Å². The summed E-state index contributed by atoms with van der Waals surface area (Å²) < 4.78 is 7.14. The molecule has 1 heterocycles. The number of aryl methyl sites for hydroxylation is 1. The molecular formula is C17H23NO2. The van der Waals surface area contributed by atoms with Gasteiger partial charge < -0.3 is 4.52 Å². The molecule has 20 heavy (non-hydrogen) atoms. The molecule has 0 radical (unpaired) electrons. The predicted octanol–water partition coefficient (Wildman–Crippen LogP) is 3.95. The van der Waals surface area contributed by atoms with Crippen molar-refractivity contribution in [3.05, 3.63) is 57.6 Å². The number of hydrogen-bond donors (Lipinski definition) is 0. The molecule has 0 aliphatic carbocycles. The maximum atomic E-state index is 12.5. The van der Waals surface area contributed by atoms with Gasteiger partial charge >= 0.3 is 0 Å². The van der Waals surface area contributed by atoms with Crippen LogP contribution >= 0.6 is 0 Å². The number of aromatic nitrogens is 1. The van der Waals surface area contributed by atoms with Crippen molar-refractivity contribution in [2.75, 3.05) is 0 Å². The first kappa shape index (κ1) is 14.6. The minimum Gasteiger partial charge on any atom is -0.381 e. The average Bonchev–Trinajstić information content (AvgIpc) is 2.73. The molecule has 3 nitrogen and oxygen atoms in total. The van der Waals surface area contributed by atoms with Crippen molar-refractivity contribution in [3.63, 3.8) is 0 Å². The number of benzene rings is 1. The fourth-order valence-electron chi connectivity index (χ4n) is 2.55. The summed E-state index contributed by atoms with van der Waals surface area (Å²) in [7, 11) is 0. The lowest BCUT2D eigenvalue weighted by Gasteiger charge is -2.15. The molecule has 0 aliphatic rings. The summed E-state index contributed by atoms with van der Waals surface area (Å²) in [6.07, 6.45) is 1.06. The van der Waals surface area contributed by atoms with Crippen molar-refractivity contribution in [1.29, 1.82) is 0 Å². The Morgan fingerprint density at radius 3 is 2.45 bits per heavy atom. The zero-order valence-electron chi connectivity index (χ0n) is 12.7. The highest BCUT2D eigenvalue weighted by Gasteiger charge is 2.23. The molecule has 1 aromatic carbocycles. The minimum absolute atomic E-state index is 0.0131. The molecule has 2 aromatic rings. The van der Waals surface area contributed by atoms with Crippen LogP contribution in [-0.2, 0) is 6.54 Å². The van der Waals surface area contributed by atoms with Gasteiger partial charge in [0.25, 0.3) is 5.56 Å². The third-order valence-corrected chi connectivity index (χ3v) is 4.21. The van der Waals surface area contributed by atoms with Gasteiger partial charge in [0.1, 0.15) is 5.76 Å². The lowest BCUT2D eigenvalue weighted by molar-refractivity contribution is 0.263. The quantitative estimate of drug-likeness (QED) is 0.827. The third kappa shape index (κ3) is 2.87. The van der Waals surface area contributed by atoms with E-state index < -0.39 is 0 Å². The summed E-state index contributed by atoms with van der Waals surface area (Å²) in [5, 5.41) is 0. The normalized spacial score (nSPS) is 14.2. The predicted molar refractivity (Wildman–Crippen MR) is 81.1 cm³/mol. The third-order valence-electron chi connectivity index (χ3n) is 4.21. The van der Waals surface area contributed by atoms with E-state index in [4.69, 9.17) is 4.52 Å². The minimum atomic E-state index is 0.0131. The second-order valence-electron chi connectivity index (χ2n) is 5.56. The van der Waals surface area contributed by atoms with Crippen LogP contribution in [0, 0.1) is 12.8 Å². The first-order valence-corrected chi connectivity index (χ1v) is 7.29. The summed E-state index contributed by atoms with van der Waals surface area (Å²) in [5.41, 5.74) is 1.92. The largest absolute Gasteiger partial charge is 0.381 e. The summed E-state index contributed by atoms with van der Waals surface area (Å²) in [5.74, 6) is 1.45. The van der Waals surface area contributed by atoms with Crippen LogP contribution in [0.25, 0.3) is 0 Å². The Bertz CT molecular complexity index is 610. The number of hydrogen-bond acceptors (Lipinski definition) is 2. The zero-order valence-corrected chi connectivity index (χ0v) is 12.7. The summed E-state index contributed by atoms with van der Waals surface area (Å²) in [6.45, 7) is 8.82. The Morgan fingerprint density at radius 1 is 1.20 bits per heavy atom. The van der Waals surface area contributed by atoms with Crippen LogP contribution in [0.4, 0.5) is 0 Å². The Labute approximate surface area is 120 Å². The van der Waals surface area contributed by atoms with Crippen LogP contribution in [-0.4, -0.2) is 4.74 Å². The Kier molecular flexibility index (Phi) is 4.48. The van der Waals surface area contributed by atoms with Gasteiger partial charge in [0, 0.05) is 0 Å². The monoisotopic (exact) mass is 273 g/mol. The van der Waals surface area contributed by atoms with Crippen molar-refractivity contribution in [1.82, 2.24) is 4.74 Å². The van der Waals surface area contributed by atoms with Gasteiger partial charge in [0.15, 0.2) is 0 Å². The molecule has 2 atom stereocenters.